The molecule has 0 aliphatic carbocycles. The SMILES string of the molecule is CC(C)(C)C(Cl)CCCSC(F)(F)F. The molecule has 0 nitrogen and oxygen atoms in total. The first-order valence-corrected chi connectivity index (χ1v) is 5.90. The van der Waals surface area contributed by atoms with E-state index in [-0.39, 0.29) is 28.3 Å². The van der Waals surface area contributed by atoms with Gasteiger partial charge in [-0.15, -0.1) is 11.6 Å². The van der Waals surface area contributed by atoms with E-state index >= 15 is 0 Å². The van der Waals surface area contributed by atoms with Gasteiger partial charge in [-0.2, -0.15) is 13.2 Å². The molecule has 0 spiro atoms. The van der Waals surface area contributed by atoms with Gasteiger partial charge in [-0.3, -0.25) is 0 Å². The molecule has 0 amide bonds. The van der Waals surface area contributed by atoms with Crippen molar-refractivity contribution < 1.29 is 13.2 Å². The van der Waals surface area contributed by atoms with Crippen LogP contribution in [0.15, 0.2) is 0 Å². The molecule has 0 radical (unpaired) electrons. The fourth-order valence-electron chi connectivity index (χ4n) is 0.883. The molecule has 86 valence electrons. The number of halogens is 4. The van der Waals surface area contributed by atoms with Gasteiger partial charge in [0.2, 0.25) is 0 Å². The normalized spacial score (nSPS) is 15.6. The van der Waals surface area contributed by atoms with E-state index in [0.717, 1.165) is 0 Å². The summed E-state index contributed by atoms with van der Waals surface area (Å²) in [6.07, 6.45) is 1.14. The van der Waals surface area contributed by atoms with Crippen molar-refractivity contribution in [2.45, 2.75) is 44.5 Å². The molecule has 0 aromatic rings. The summed E-state index contributed by atoms with van der Waals surface area (Å²) in [6.45, 7) is 5.96. The zero-order valence-corrected chi connectivity index (χ0v) is 10.2. The lowest BCUT2D eigenvalue weighted by molar-refractivity contribution is -0.0328. The van der Waals surface area contributed by atoms with Gasteiger partial charge in [-0.05, 0) is 18.3 Å². The van der Waals surface area contributed by atoms with E-state index in [9.17, 15) is 13.2 Å². The molecule has 0 rings (SSSR count). The minimum atomic E-state index is -4.11. The highest BCUT2D eigenvalue weighted by molar-refractivity contribution is 8.00. The molecule has 0 aliphatic rings. The Balaban J connectivity index is 3.56. The second-order valence-corrected chi connectivity index (χ2v) is 5.96. The number of alkyl halides is 4. The third-order valence-corrected chi connectivity index (χ3v) is 3.50. The Bertz CT molecular complexity index is 162. The molecule has 0 saturated heterocycles. The standard InChI is InChI=1S/C9H16ClF3S/c1-8(2,3)7(10)5-4-6-14-9(11,12)13/h7H,4-6H2,1-3H3. The van der Waals surface area contributed by atoms with Gasteiger partial charge in [0.15, 0.2) is 0 Å². The van der Waals surface area contributed by atoms with Crippen molar-refractivity contribution in [3.63, 3.8) is 0 Å². The van der Waals surface area contributed by atoms with Crippen molar-refractivity contribution in [3.05, 3.63) is 0 Å². The van der Waals surface area contributed by atoms with Crippen LogP contribution in [0.2, 0.25) is 0 Å². The van der Waals surface area contributed by atoms with Crippen LogP contribution < -0.4 is 0 Å². The molecule has 0 saturated carbocycles. The fraction of sp³-hybridized carbons (Fsp3) is 1.00. The molecule has 0 bridgehead atoms. The van der Waals surface area contributed by atoms with E-state index in [0.29, 0.717) is 12.8 Å². The highest BCUT2D eigenvalue weighted by Crippen LogP contribution is 2.33. The van der Waals surface area contributed by atoms with Crippen molar-refractivity contribution in [2.24, 2.45) is 5.41 Å². The third-order valence-electron chi connectivity index (χ3n) is 1.81. The second kappa shape index (κ2) is 5.50. The lowest BCUT2D eigenvalue weighted by Crippen LogP contribution is -2.20. The van der Waals surface area contributed by atoms with Crippen LogP contribution in [0.25, 0.3) is 0 Å². The molecule has 0 fully saturated rings. The largest absolute Gasteiger partial charge is 0.441 e. The van der Waals surface area contributed by atoms with Gasteiger partial charge in [-0.1, -0.05) is 32.5 Å². The number of thioether (sulfide) groups is 1. The Morgan fingerprint density at radius 1 is 1.21 bits per heavy atom. The Labute approximate surface area is 92.6 Å². The second-order valence-electron chi connectivity index (χ2n) is 4.27. The summed E-state index contributed by atoms with van der Waals surface area (Å²) in [5, 5.41) is -0.0590. The van der Waals surface area contributed by atoms with Crippen LogP contribution in [0, 0.1) is 5.41 Å². The van der Waals surface area contributed by atoms with Crippen LogP contribution in [-0.4, -0.2) is 16.6 Å². The molecular formula is C9H16ClF3S. The minimum absolute atomic E-state index is 0.0275. The molecule has 0 N–H and O–H groups in total. The Morgan fingerprint density at radius 3 is 2.07 bits per heavy atom. The first kappa shape index (κ1) is 14.4. The predicted molar refractivity (Wildman–Crippen MR) is 56.8 cm³/mol. The quantitative estimate of drug-likeness (QED) is 0.515. The highest BCUT2D eigenvalue weighted by Gasteiger charge is 2.28. The predicted octanol–water partition coefficient (Wildman–Crippen LogP) is 4.67. The lowest BCUT2D eigenvalue weighted by Gasteiger charge is -2.24. The van der Waals surface area contributed by atoms with Crippen LogP contribution in [0.3, 0.4) is 0 Å². The van der Waals surface area contributed by atoms with Crippen LogP contribution in [0.4, 0.5) is 13.2 Å². The minimum Gasteiger partial charge on any atom is -0.160 e. The third kappa shape index (κ3) is 7.80. The van der Waals surface area contributed by atoms with E-state index < -0.39 is 5.51 Å². The lowest BCUT2D eigenvalue weighted by atomic mass is 9.89. The van der Waals surface area contributed by atoms with Crippen molar-refractivity contribution in [1.82, 2.24) is 0 Å². The highest BCUT2D eigenvalue weighted by atomic mass is 35.5. The Hall–Kier alpha value is 0.430. The molecule has 0 aliphatic heterocycles. The van der Waals surface area contributed by atoms with Crippen molar-refractivity contribution in [1.29, 1.82) is 0 Å². The van der Waals surface area contributed by atoms with Crippen LogP contribution in [0.1, 0.15) is 33.6 Å². The molecule has 1 atom stereocenters. The van der Waals surface area contributed by atoms with Gasteiger partial charge in [0.25, 0.3) is 0 Å². The summed E-state index contributed by atoms with van der Waals surface area (Å²) < 4.78 is 35.2. The monoisotopic (exact) mass is 248 g/mol. The van der Waals surface area contributed by atoms with E-state index in [1.807, 2.05) is 20.8 Å². The zero-order valence-electron chi connectivity index (χ0n) is 8.62. The molecule has 14 heavy (non-hydrogen) atoms. The Morgan fingerprint density at radius 2 is 1.71 bits per heavy atom. The summed E-state index contributed by atoms with van der Waals surface area (Å²) in [7, 11) is 0. The van der Waals surface area contributed by atoms with Gasteiger partial charge < -0.3 is 0 Å². The molecule has 0 heterocycles. The number of rotatable bonds is 4. The smallest absolute Gasteiger partial charge is 0.160 e. The van der Waals surface area contributed by atoms with E-state index in [4.69, 9.17) is 11.6 Å². The maximum absolute atomic E-state index is 11.7. The fourth-order valence-corrected chi connectivity index (χ4v) is 1.58. The van der Waals surface area contributed by atoms with Gasteiger partial charge in [0.1, 0.15) is 0 Å². The average Bonchev–Trinajstić information content (AvgIpc) is 1.93. The van der Waals surface area contributed by atoms with Gasteiger partial charge >= 0.3 is 5.51 Å². The molecule has 0 aromatic heterocycles. The van der Waals surface area contributed by atoms with Crippen molar-refractivity contribution in [3.8, 4) is 0 Å². The summed E-state index contributed by atoms with van der Waals surface area (Å²) in [5.41, 5.74) is -4.14. The molecule has 0 aromatic carbocycles. The topological polar surface area (TPSA) is 0 Å². The molecular weight excluding hydrogens is 233 g/mol. The summed E-state index contributed by atoms with van der Waals surface area (Å²) >= 11 is 6.04. The maximum atomic E-state index is 11.7. The number of hydrogen-bond acceptors (Lipinski definition) is 1. The van der Waals surface area contributed by atoms with Gasteiger partial charge in [0.05, 0.1) is 0 Å². The maximum Gasteiger partial charge on any atom is 0.441 e. The molecule has 5 heteroatoms. The van der Waals surface area contributed by atoms with E-state index in [1.165, 1.54) is 0 Å². The first-order chi connectivity index (χ1) is 6.13. The first-order valence-electron chi connectivity index (χ1n) is 4.47. The summed E-state index contributed by atoms with van der Waals surface area (Å²) in [5.74, 6) is 0.100. The van der Waals surface area contributed by atoms with E-state index in [2.05, 4.69) is 0 Å². The summed E-state index contributed by atoms with van der Waals surface area (Å²) in [6, 6.07) is 0. The van der Waals surface area contributed by atoms with Crippen LogP contribution in [-0.2, 0) is 0 Å². The van der Waals surface area contributed by atoms with Crippen LogP contribution in [0.5, 0.6) is 0 Å². The number of hydrogen-bond donors (Lipinski definition) is 0. The molecule has 1 unspecified atom stereocenters. The Kier molecular flexibility index (Phi) is 5.67. The van der Waals surface area contributed by atoms with Gasteiger partial charge in [-0.25, -0.2) is 0 Å². The average molecular weight is 249 g/mol. The van der Waals surface area contributed by atoms with Crippen molar-refractivity contribution >= 4 is 23.4 Å². The zero-order chi connectivity index (χ0) is 11.4. The van der Waals surface area contributed by atoms with E-state index in [1.54, 1.807) is 0 Å². The van der Waals surface area contributed by atoms with Gasteiger partial charge in [0, 0.05) is 11.1 Å². The van der Waals surface area contributed by atoms with Crippen LogP contribution >= 0.6 is 23.4 Å². The summed E-state index contributed by atoms with van der Waals surface area (Å²) in [4.78, 5) is 0. The van der Waals surface area contributed by atoms with Crippen molar-refractivity contribution in [2.75, 3.05) is 5.75 Å².